The molecule has 0 aliphatic carbocycles. The number of carboxylic acid groups (broad SMARTS) is 1. The number of aliphatic carboxylic acids is 1. The van der Waals surface area contributed by atoms with Gasteiger partial charge in [0.2, 0.25) is 0 Å². The van der Waals surface area contributed by atoms with Crippen LogP contribution in [0.3, 0.4) is 0 Å². The van der Waals surface area contributed by atoms with Gasteiger partial charge in [-0.1, -0.05) is 13.0 Å². The Kier molecular flexibility index (Phi) is 3.32. The van der Waals surface area contributed by atoms with Crippen LogP contribution in [0.1, 0.15) is 18.9 Å². The number of rotatable bonds is 3. The van der Waals surface area contributed by atoms with E-state index < -0.39 is 5.97 Å². The van der Waals surface area contributed by atoms with Crippen molar-refractivity contribution >= 4 is 12.0 Å². The lowest BCUT2D eigenvalue weighted by atomic mass is 10.1. The molecule has 1 aliphatic heterocycles. The molecular weight excluding hydrogens is 220 g/mol. The molecule has 0 saturated heterocycles. The summed E-state index contributed by atoms with van der Waals surface area (Å²) in [6.07, 6.45) is 2.14. The lowest BCUT2D eigenvalue weighted by Gasteiger charge is -2.18. The molecule has 0 spiro atoms. The van der Waals surface area contributed by atoms with Crippen molar-refractivity contribution in [3.05, 3.63) is 29.3 Å². The molecule has 0 radical (unpaired) electrons. The Balaban J connectivity index is 2.31. The average Bonchev–Trinajstić information content (AvgIpc) is 2.35. The van der Waals surface area contributed by atoms with E-state index in [0.29, 0.717) is 36.7 Å². The van der Waals surface area contributed by atoms with Gasteiger partial charge in [-0.05, 0) is 30.2 Å². The van der Waals surface area contributed by atoms with Crippen LogP contribution in [-0.4, -0.2) is 24.3 Å². The fourth-order valence-corrected chi connectivity index (χ4v) is 1.67. The van der Waals surface area contributed by atoms with Crippen molar-refractivity contribution in [1.29, 1.82) is 0 Å². The van der Waals surface area contributed by atoms with Crippen LogP contribution < -0.4 is 9.47 Å². The number of ether oxygens (including phenoxy) is 2. The van der Waals surface area contributed by atoms with Crippen LogP contribution in [0, 0.1) is 0 Å². The number of hydrogen-bond donors (Lipinski definition) is 1. The Morgan fingerprint density at radius 3 is 2.71 bits per heavy atom. The van der Waals surface area contributed by atoms with Crippen LogP contribution >= 0.6 is 0 Å². The SMILES string of the molecule is CC/C(=C\c1ccc2c(c1)OCCO2)C(=O)O. The normalized spacial score (nSPS) is 14.5. The standard InChI is InChI=1S/C13H14O4/c1-2-10(13(14)15)7-9-3-4-11-12(8-9)17-6-5-16-11/h3-4,7-8H,2,5-6H2,1H3,(H,14,15)/b10-7+. The second-order valence-electron chi connectivity index (χ2n) is 3.73. The summed E-state index contributed by atoms with van der Waals surface area (Å²) in [6.45, 7) is 2.90. The van der Waals surface area contributed by atoms with Crippen molar-refractivity contribution in [3.63, 3.8) is 0 Å². The van der Waals surface area contributed by atoms with Crippen LogP contribution in [0.4, 0.5) is 0 Å². The smallest absolute Gasteiger partial charge is 0.331 e. The lowest BCUT2D eigenvalue weighted by molar-refractivity contribution is -0.132. The van der Waals surface area contributed by atoms with E-state index in [0.717, 1.165) is 5.56 Å². The average molecular weight is 234 g/mol. The number of carboxylic acids is 1. The molecule has 17 heavy (non-hydrogen) atoms. The monoisotopic (exact) mass is 234 g/mol. The first-order valence-electron chi connectivity index (χ1n) is 5.54. The first-order chi connectivity index (χ1) is 8.20. The van der Waals surface area contributed by atoms with Crippen molar-refractivity contribution in [2.24, 2.45) is 0 Å². The molecule has 0 fully saturated rings. The Hall–Kier alpha value is -1.97. The number of fused-ring (bicyclic) bond motifs is 1. The molecule has 0 aromatic heterocycles. The second-order valence-corrected chi connectivity index (χ2v) is 3.73. The topological polar surface area (TPSA) is 55.8 Å². The molecule has 0 bridgehead atoms. The predicted octanol–water partition coefficient (Wildman–Crippen LogP) is 2.34. The molecule has 2 rings (SSSR count). The van der Waals surface area contributed by atoms with Gasteiger partial charge in [0.05, 0.1) is 0 Å². The quantitative estimate of drug-likeness (QED) is 0.815. The first-order valence-corrected chi connectivity index (χ1v) is 5.54. The van der Waals surface area contributed by atoms with Crippen molar-refractivity contribution in [2.45, 2.75) is 13.3 Å². The van der Waals surface area contributed by atoms with Gasteiger partial charge in [0.25, 0.3) is 0 Å². The van der Waals surface area contributed by atoms with Crippen LogP contribution in [0.2, 0.25) is 0 Å². The number of hydrogen-bond acceptors (Lipinski definition) is 3. The summed E-state index contributed by atoms with van der Waals surface area (Å²) < 4.78 is 10.8. The lowest BCUT2D eigenvalue weighted by Crippen LogP contribution is -2.15. The maximum Gasteiger partial charge on any atom is 0.331 e. The van der Waals surface area contributed by atoms with Gasteiger partial charge in [-0.2, -0.15) is 0 Å². The number of benzene rings is 1. The summed E-state index contributed by atoms with van der Waals surface area (Å²) in [6, 6.07) is 5.43. The zero-order valence-corrected chi connectivity index (χ0v) is 9.60. The molecule has 1 aromatic rings. The molecule has 90 valence electrons. The van der Waals surface area contributed by atoms with Crippen LogP contribution in [-0.2, 0) is 4.79 Å². The van der Waals surface area contributed by atoms with Crippen LogP contribution in [0.25, 0.3) is 6.08 Å². The van der Waals surface area contributed by atoms with Gasteiger partial charge in [0.1, 0.15) is 13.2 Å². The Morgan fingerprint density at radius 1 is 1.35 bits per heavy atom. The maximum atomic E-state index is 10.9. The van der Waals surface area contributed by atoms with E-state index in [1.54, 1.807) is 18.2 Å². The predicted molar refractivity (Wildman–Crippen MR) is 63.3 cm³/mol. The molecule has 1 aliphatic rings. The first kappa shape index (κ1) is 11.5. The van der Waals surface area contributed by atoms with Gasteiger partial charge >= 0.3 is 5.97 Å². The van der Waals surface area contributed by atoms with Gasteiger partial charge in [-0.3, -0.25) is 0 Å². The highest BCUT2D eigenvalue weighted by atomic mass is 16.6. The van der Waals surface area contributed by atoms with E-state index in [1.807, 2.05) is 13.0 Å². The highest BCUT2D eigenvalue weighted by molar-refractivity contribution is 5.92. The molecule has 0 atom stereocenters. The zero-order valence-electron chi connectivity index (χ0n) is 9.60. The number of carbonyl (C=O) groups is 1. The molecular formula is C13H14O4. The van der Waals surface area contributed by atoms with E-state index in [1.165, 1.54) is 0 Å². The van der Waals surface area contributed by atoms with Crippen LogP contribution in [0.5, 0.6) is 11.5 Å². The van der Waals surface area contributed by atoms with E-state index in [4.69, 9.17) is 14.6 Å². The van der Waals surface area contributed by atoms with Crippen molar-refractivity contribution < 1.29 is 19.4 Å². The zero-order chi connectivity index (χ0) is 12.3. The van der Waals surface area contributed by atoms with Gasteiger partial charge in [-0.15, -0.1) is 0 Å². The second kappa shape index (κ2) is 4.91. The van der Waals surface area contributed by atoms with Crippen LogP contribution in [0.15, 0.2) is 23.8 Å². The molecule has 4 heteroatoms. The molecule has 1 N–H and O–H groups in total. The summed E-state index contributed by atoms with van der Waals surface area (Å²) in [7, 11) is 0. The summed E-state index contributed by atoms with van der Waals surface area (Å²) in [5.41, 5.74) is 1.19. The van der Waals surface area contributed by atoms with Gasteiger partial charge in [0, 0.05) is 5.57 Å². The van der Waals surface area contributed by atoms with Gasteiger partial charge in [-0.25, -0.2) is 4.79 Å². The third kappa shape index (κ3) is 2.58. The largest absolute Gasteiger partial charge is 0.486 e. The molecule has 0 saturated carbocycles. The van der Waals surface area contributed by atoms with Gasteiger partial charge < -0.3 is 14.6 Å². The van der Waals surface area contributed by atoms with E-state index >= 15 is 0 Å². The maximum absolute atomic E-state index is 10.9. The third-order valence-corrected chi connectivity index (χ3v) is 2.56. The summed E-state index contributed by atoms with van der Waals surface area (Å²) >= 11 is 0. The molecule has 1 aromatic carbocycles. The van der Waals surface area contributed by atoms with Gasteiger partial charge in [0.15, 0.2) is 11.5 Å². The summed E-state index contributed by atoms with van der Waals surface area (Å²) in [5, 5.41) is 8.95. The Morgan fingerprint density at radius 2 is 2.06 bits per heavy atom. The van der Waals surface area contributed by atoms with E-state index in [2.05, 4.69) is 0 Å². The highest BCUT2D eigenvalue weighted by Crippen LogP contribution is 2.31. The van der Waals surface area contributed by atoms with Crippen molar-refractivity contribution in [1.82, 2.24) is 0 Å². The molecule has 1 heterocycles. The fourth-order valence-electron chi connectivity index (χ4n) is 1.67. The summed E-state index contributed by atoms with van der Waals surface area (Å²) in [4.78, 5) is 10.9. The minimum Gasteiger partial charge on any atom is -0.486 e. The van der Waals surface area contributed by atoms with Crippen molar-refractivity contribution in [2.75, 3.05) is 13.2 Å². The summed E-state index contributed by atoms with van der Waals surface area (Å²) in [5.74, 6) is 0.495. The molecule has 4 nitrogen and oxygen atoms in total. The fraction of sp³-hybridized carbons (Fsp3) is 0.308. The van der Waals surface area contributed by atoms with E-state index in [-0.39, 0.29) is 0 Å². The minimum absolute atomic E-state index is 0.377. The molecule has 0 unspecified atom stereocenters. The Bertz CT molecular complexity index is 462. The molecule has 0 amide bonds. The Labute approximate surface area is 99.5 Å². The minimum atomic E-state index is -0.887. The van der Waals surface area contributed by atoms with E-state index in [9.17, 15) is 4.79 Å². The highest BCUT2D eigenvalue weighted by Gasteiger charge is 2.12. The van der Waals surface area contributed by atoms with Crippen molar-refractivity contribution in [3.8, 4) is 11.5 Å². The third-order valence-electron chi connectivity index (χ3n) is 2.56.